The predicted octanol–water partition coefficient (Wildman–Crippen LogP) is 1.95. The molecule has 1 aromatic heterocycles. The number of hydrogen-bond donors (Lipinski definition) is 1. The van der Waals surface area contributed by atoms with Crippen LogP contribution < -0.4 is 9.62 Å². The van der Waals surface area contributed by atoms with E-state index in [1.165, 1.54) is 19.4 Å². The van der Waals surface area contributed by atoms with Crippen molar-refractivity contribution in [2.75, 3.05) is 18.5 Å². The van der Waals surface area contributed by atoms with E-state index in [-0.39, 0.29) is 10.8 Å². The Morgan fingerprint density at radius 2 is 2.13 bits per heavy atom. The van der Waals surface area contributed by atoms with Gasteiger partial charge in [0.15, 0.2) is 0 Å². The molecule has 6 nitrogen and oxygen atoms in total. The van der Waals surface area contributed by atoms with E-state index in [9.17, 15) is 13.2 Å². The van der Waals surface area contributed by atoms with Crippen LogP contribution in [-0.4, -0.2) is 27.9 Å². The SMILES string of the molecule is CCc1occc1C(=O)N1CCc2cc(S(=O)(=O)NC)ccc21. The van der Waals surface area contributed by atoms with Gasteiger partial charge in [-0.15, -0.1) is 0 Å². The van der Waals surface area contributed by atoms with Crippen LogP contribution in [0.4, 0.5) is 5.69 Å². The summed E-state index contributed by atoms with van der Waals surface area (Å²) >= 11 is 0. The molecule has 1 aromatic carbocycles. The van der Waals surface area contributed by atoms with Crippen LogP contribution in [0, 0.1) is 0 Å². The Balaban J connectivity index is 1.95. The van der Waals surface area contributed by atoms with Crippen LogP contribution in [0.25, 0.3) is 0 Å². The van der Waals surface area contributed by atoms with Crippen molar-refractivity contribution in [2.24, 2.45) is 0 Å². The summed E-state index contributed by atoms with van der Waals surface area (Å²) in [7, 11) is -2.10. The molecule has 1 amide bonds. The van der Waals surface area contributed by atoms with Gasteiger partial charge in [-0.05, 0) is 43.3 Å². The minimum absolute atomic E-state index is 0.112. The molecule has 0 bridgehead atoms. The van der Waals surface area contributed by atoms with E-state index in [4.69, 9.17) is 4.42 Å². The molecule has 0 aliphatic carbocycles. The summed E-state index contributed by atoms with van der Waals surface area (Å²) in [6.07, 6.45) is 2.80. The van der Waals surface area contributed by atoms with Crippen LogP contribution in [0.1, 0.15) is 28.6 Å². The van der Waals surface area contributed by atoms with Crippen molar-refractivity contribution >= 4 is 21.6 Å². The minimum atomic E-state index is -3.48. The van der Waals surface area contributed by atoms with Crippen LogP contribution >= 0.6 is 0 Å². The number of fused-ring (bicyclic) bond motifs is 1. The van der Waals surface area contributed by atoms with Gasteiger partial charge >= 0.3 is 0 Å². The van der Waals surface area contributed by atoms with E-state index in [1.807, 2.05) is 6.92 Å². The van der Waals surface area contributed by atoms with Crippen LogP contribution in [0.15, 0.2) is 39.8 Å². The summed E-state index contributed by atoms with van der Waals surface area (Å²) < 4.78 is 31.4. The van der Waals surface area contributed by atoms with Crippen molar-refractivity contribution in [3.63, 3.8) is 0 Å². The van der Waals surface area contributed by atoms with Crippen LogP contribution in [0.2, 0.25) is 0 Å². The lowest BCUT2D eigenvalue weighted by atomic mass is 10.1. The van der Waals surface area contributed by atoms with Gasteiger partial charge in [0, 0.05) is 18.7 Å². The molecule has 23 heavy (non-hydrogen) atoms. The highest BCUT2D eigenvalue weighted by Gasteiger charge is 2.28. The zero-order chi connectivity index (χ0) is 16.6. The van der Waals surface area contributed by atoms with Gasteiger partial charge in [-0.25, -0.2) is 13.1 Å². The fourth-order valence-corrected chi connectivity index (χ4v) is 3.60. The number of nitrogens with zero attached hydrogens (tertiary/aromatic N) is 1. The van der Waals surface area contributed by atoms with Crippen molar-refractivity contribution < 1.29 is 17.6 Å². The topological polar surface area (TPSA) is 79.6 Å². The molecular formula is C16H18N2O4S. The van der Waals surface area contributed by atoms with Gasteiger partial charge in [-0.3, -0.25) is 4.79 Å². The molecule has 1 N–H and O–H groups in total. The number of anilines is 1. The van der Waals surface area contributed by atoms with Crippen LogP contribution in [0.5, 0.6) is 0 Å². The molecule has 0 unspecified atom stereocenters. The van der Waals surface area contributed by atoms with E-state index in [1.54, 1.807) is 23.1 Å². The number of furan rings is 1. The molecular weight excluding hydrogens is 316 g/mol. The maximum Gasteiger partial charge on any atom is 0.261 e. The third-order valence-corrected chi connectivity index (χ3v) is 5.48. The van der Waals surface area contributed by atoms with E-state index in [2.05, 4.69) is 4.72 Å². The predicted molar refractivity (Wildman–Crippen MR) is 86.2 cm³/mol. The first-order chi connectivity index (χ1) is 11.0. The second kappa shape index (κ2) is 5.82. The lowest BCUT2D eigenvalue weighted by Crippen LogP contribution is -2.29. The Morgan fingerprint density at radius 1 is 1.35 bits per heavy atom. The second-order valence-electron chi connectivity index (χ2n) is 5.32. The molecule has 3 rings (SSSR count). The van der Waals surface area contributed by atoms with Gasteiger partial charge in [0.05, 0.1) is 16.7 Å². The molecule has 1 aliphatic rings. The molecule has 1 aliphatic heterocycles. The van der Waals surface area contributed by atoms with Crippen LogP contribution in [0.3, 0.4) is 0 Å². The maximum absolute atomic E-state index is 12.7. The number of sulfonamides is 1. The summed E-state index contributed by atoms with van der Waals surface area (Å²) in [6, 6.07) is 6.52. The lowest BCUT2D eigenvalue weighted by Gasteiger charge is -2.17. The molecule has 0 saturated carbocycles. The number of carbonyl (C=O) groups excluding carboxylic acids is 1. The van der Waals surface area contributed by atoms with Gasteiger partial charge in [0.1, 0.15) is 5.76 Å². The van der Waals surface area contributed by atoms with Crippen molar-refractivity contribution in [3.8, 4) is 0 Å². The van der Waals surface area contributed by atoms with Crippen molar-refractivity contribution in [1.29, 1.82) is 0 Å². The summed E-state index contributed by atoms with van der Waals surface area (Å²) in [5.74, 6) is 0.552. The molecule has 0 atom stereocenters. The Hall–Kier alpha value is -2.12. The minimum Gasteiger partial charge on any atom is -0.469 e. The fourth-order valence-electron chi connectivity index (χ4n) is 2.82. The molecule has 0 fully saturated rings. The first kappa shape index (κ1) is 15.8. The normalized spacial score (nSPS) is 14.1. The number of hydrogen-bond acceptors (Lipinski definition) is 4. The Bertz CT molecular complexity index is 855. The maximum atomic E-state index is 12.7. The quantitative estimate of drug-likeness (QED) is 0.927. The number of aryl methyl sites for hydroxylation is 1. The standard InChI is InChI=1S/C16H18N2O4S/c1-3-15-13(7-9-22-15)16(19)18-8-6-11-10-12(4-5-14(11)18)23(20,21)17-2/h4-5,7,9-10,17H,3,6,8H2,1-2H3. The van der Waals surface area contributed by atoms with Gasteiger partial charge in [0.2, 0.25) is 10.0 Å². The number of benzene rings is 1. The van der Waals surface area contributed by atoms with Crippen LogP contribution in [-0.2, 0) is 22.9 Å². The first-order valence-corrected chi connectivity index (χ1v) is 8.91. The zero-order valence-electron chi connectivity index (χ0n) is 13.0. The monoisotopic (exact) mass is 334 g/mol. The number of carbonyl (C=O) groups is 1. The number of amides is 1. The zero-order valence-corrected chi connectivity index (χ0v) is 13.8. The summed E-state index contributed by atoms with van der Waals surface area (Å²) in [5, 5.41) is 0. The fraction of sp³-hybridized carbons (Fsp3) is 0.312. The summed E-state index contributed by atoms with van der Waals surface area (Å²) in [4.78, 5) is 14.6. The number of rotatable bonds is 4. The van der Waals surface area contributed by atoms with Gasteiger partial charge in [0.25, 0.3) is 5.91 Å². The highest BCUT2D eigenvalue weighted by molar-refractivity contribution is 7.89. The van der Waals surface area contributed by atoms with E-state index < -0.39 is 10.0 Å². The van der Waals surface area contributed by atoms with E-state index >= 15 is 0 Å². The molecule has 7 heteroatoms. The summed E-state index contributed by atoms with van der Waals surface area (Å²) in [5.41, 5.74) is 2.18. The van der Waals surface area contributed by atoms with Gasteiger partial charge in [-0.1, -0.05) is 6.92 Å². The average molecular weight is 334 g/mol. The second-order valence-corrected chi connectivity index (χ2v) is 7.20. The number of nitrogens with one attached hydrogen (secondary N) is 1. The highest BCUT2D eigenvalue weighted by atomic mass is 32.2. The van der Waals surface area contributed by atoms with Gasteiger partial charge < -0.3 is 9.32 Å². The molecule has 122 valence electrons. The summed E-state index contributed by atoms with van der Waals surface area (Å²) in [6.45, 7) is 2.47. The molecule has 2 heterocycles. The molecule has 0 spiro atoms. The smallest absolute Gasteiger partial charge is 0.261 e. The molecule has 0 saturated heterocycles. The largest absolute Gasteiger partial charge is 0.469 e. The van der Waals surface area contributed by atoms with Gasteiger partial charge in [-0.2, -0.15) is 0 Å². The first-order valence-electron chi connectivity index (χ1n) is 7.42. The van der Waals surface area contributed by atoms with Crippen molar-refractivity contribution in [1.82, 2.24) is 4.72 Å². The Morgan fingerprint density at radius 3 is 2.83 bits per heavy atom. The Labute approximate surface area is 135 Å². The van der Waals surface area contributed by atoms with E-state index in [0.29, 0.717) is 30.7 Å². The highest BCUT2D eigenvalue weighted by Crippen LogP contribution is 2.32. The third kappa shape index (κ3) is 2.66. The van der Waals surface area contributed by atoms with E-state index in [0.717, 1.165) is 11.3 Å². The third-order valence-electron chi connectivity index (χ3n) is 4.07. The lowest BCUT2D eigenvalue weighted by molar-refractivity contribution is 0.0987. The molecule has 2 aromatic rings. The van der Waals surface area contributed by atoms with Crippen molar-refractivity contribution in [2.45, 2.75) is 24.7 Å². The Kier molecular flexibility index (Phi) is 3.99. The van der Waals surface area contributed by atoms with Crippen molar-refractivity contribution in [3.05, 3.63) is 47.4 Å². The molecule has 0 radical (unpaired) electrons. The average Bonchev–Trinajstić information content (AvgIpc) is 3.20.